The molecule has 0 saturated heterocycles. The molecule has 0 aromatic heterocycles. The number of sulfonamides is 1. The Labute approximate surface area is 91.7 Å². The summed E-state index contributed by atoms with van der Waals surface area (Å²) < 4.78 is 25.9. The molecule has 0 aromatic carbocycles. The lowest BCUT2D eigenvalue weighted by molar-refractivity contribution is 0.326. The molecule has 2 rings (SSSR count). The molecule has 2 aliphatic rings. The normalized spacial score (nSPS) is 32.9. The van der Waals surface area contributed by atoms with E-state index in [4.69, 9.17) is 5.73 Å². The highest BCUT2D eigenvalue weighted by Crippen LogP contribution is 2.28. The monoisotopic (exact) mass is 232 g/mol. The number of hydrogen-bond acceptors (Lipinski definition) is 3. The van der Waals surface area contributed by atoms with E-state index in [-0.39, 0.29) is 5.25 Å². The van der Waals surface area contributed by atoms with Crippen LogP contribution in [0.5, 0.6) is 0 Å². The Kier molecular flexibility index (Phi) is 3.33. The molecule has 0 spiro atoms. The first kappa shape index (κ1) is 11.4. The van der Waals surface area contributed by atoms with Crippen LogP contribution in [0.1, 0.15) is 38.5 Å². The lowest BCUT2D eigenvalue weighted by Gasteiger charge is -2.26. The summed E-state index contributed by atoms with van der Waals surface area (Å²) in [6, 6.07) is 0.335. The summed E-state index contributed by atoms with van der Waals surface area (Å²) in [7, 11) is -2.98. The van der Waals surface area contributed by atoms with Crippen molar-refractivity contribution in [3.63, 3.8) is 0 Å². The smallest absolute Gasteiger partial charge is 0.214 e. The fourth-order valence-corrected chi connectivity index (χ4v) is 3.58. The van der Waals surface area contributed by atoms with E-state index in [1.807, 2.05) is 0 Å². The average Bonchev–Trinajstić information content (AvgIpc) is 3.00. The Bertz CT molecular complexity index is 303. The van der Waals surface area contributed by atoms with E-state index >= 15 is 0 Å². The van der Waals surface area contributed by atoms with Gasteiger partial charge in [0.15, 0.2) is 0 Å². The van der Waals surface area contributed by atoms with Crippen LogP contribution >= 0.6 is 0 Å². The molecule has 0 aromatic rings. The fraction of sp³-hybridized carbons (Fsp3) is 1.00. The highest BCUT2D eigenvalue weighted by Gasteiger charge is 2.35. The second-order valence-corrected chi connectivity index (χ2v) is 6.92. The van der Waals surface area contributed by atoms with Crippen LogP contribution < -0.4 is 10.5 Å². The summed E-state index contributed by atoms with van der Waals surface area (Å²) >= 11 is 0. The number of hydrogen-bond donors (Lipinski definition) is 2. The van der Waals surface area contributed by atoms with Crippen LogP contribution in [0.3, 0.4) is 0 Å². The summed E-state index contributed by atoms with van der Waals surface area (Å²) in [5, 5.41) is -0.0941. The average molecular weight is 232 g/mol. The molecule has 0 atom stereocenters. The van der Waals surface area contributed by atoms with Crippen LogP contribution in [0.25, 0.3) is 0 Å². The molecule has 15 heavy (non-hydrogen) atoms. The predicted molar refractivity (Wildman–Crippen MR) is 59.9 cm³/mol. The van der Waals surface area contributed by atoms with Crippen molar-refractivity contribution in [3.8, 4) is 0 Å². The minimum Gasteiger partial charge on any atom is -0.328 e. The zero-order valence-corrected chi connectivity index (χ0v) is 9.80. The Morgan fingerprint density at radius 1 is 1.07 bits per heavy atom. The summed E-state index contributed by atoms with van der Waals surface area (Å²) in [5.41, 5.74) is 5.80. The van der Waals surface area contributed by atoms with Gasteiger partial charge in [0.2, 0.25) is 10.0 Å². The molecule has 88 valence electrons. The maximum Gasteiger partial charge on any atom is 0.214 e. The minimum absolute atomic E-state index is 0.0941. The van der Waals surface area contributed by atoms with Gasteiger partial charge >= 0.3 is 0 Å². The molecule has 0 heterocycles. The van der Waals surface area contributed by atoms with Gasteiger partial charge in [-0.1, -0.05) is 0 Å². The van der Waals surface area contributed by atoms with E-state index < -0.39 is 10.0 Å². The molecule has 3 N–H and O–H groups in total. The Hall–Kier alpha value is -0.130. The first-order valence-corrected chi connectivity index (χ1v) is 7.36. The molecule has 2 saturated carbocycles. The van der Waals surface area contributed by atoms with Crippen LogP contribution in [-0.2, 0) is 10.0 Å². The maximum absolute atomic E-state index is 11.6. The largest absolute Gasteiger partial charge is 0.328 e. The maximum atomic E-state index is 11.6. The third kappa shape index (κ3) is 3.16. The molecule has 0 aliphatic heterocycles. The SMILES string of the molecule is NC1CCC(CNS(=O)(=O)C2CC2)CC1. The third-order valence-electron chi connectivity index (χ3n) is 3.43. The van der Waals surface area contributed by atoms with E-state index in [0.29, 0.717) is 18.5 Å². The van der Waals surface area contributed by atoms with Crippen molar-refractivity contribution in [2.24, 2.45) is 11.7 Å². The van der Waals surface area contributed by atoms with Crippen molar-refractivity contribution in [1.29, 1.82) is 0 Å². The van der Waals surface area contributed by atoms with Crippen molar-refractivity contribution in [2.75, 3.05) is 6.54 Å². The van der Waals surface area contributed by atoms with Crippen molar-refractivity contribution in [3.05, 3.63) is 0 Å². The Morgan fingerprint density at radius 3 is 2.20 bits per heavy atom. The molecule has 2 aliphatic carbocycles. The summed E-state index contributed by atoms with van der Waals surface area (Å²) in [6.07, 6.45) is 5.88. The molecule has 0 amide bonds. The zero-order chi connectivity index (χ0) is 10.9. The molecule has 4 nitrogen and oxygen atoms in total. The standard InChI is InChI=1S/C10H20N2O2S/c11-9-3-1-8(2-4-9)7-12-15(13,14)10-5-6-10/h8-10,12H,1-7,11H2. The summed E-state index contributed by atoms with van der Waals surface area (Å²) in [4.78, 5) is 0. The van der Waals surface area contributed by atoms with Crippen LogP contribution in [0.2, 0.25) is 0 Å². The van der Waals surface area contributed by atoms with E-state index in [0.717, 1.165) is 38.5 Å². The van der Waals surface area contributed by atoms with Crippen LogP contribution in [-0.4, -0.2) is 26.3 Å². The Balaban J connectivity index is 1.73. The minimum atomic E-state index is -2.98. The third-order valence-corrected chi connectivity index (χ3v) is 5.35. The van der Waals surface area contributed by atoms with Gasteiger partial charge in [0.1, 0.15) is 0 Å². The van der Waals surface area contributed by atoms with Crippen molar-refractivity contribution >= 4 is 10.0 Å². The molecular weight excluding hydrogens is 212 g/mol. The van der Waals surface area contributed by atoms with Gasteiger partial charge in [-0.3, -0.25) is 0 Å². The zero-order valence-electron chi connectivity index (χ0n) is 8.98. The number of nitrogens with one attached hydrogen (secondary N) is 1. The molecule has 2 fully saturated rings. The van der Waals surface area contributed by atoms with E-state index in [1.165, 1.54) is 0 Å². The lowest BCUT2D eigenvalue weighted by atomic mass is 9.87. The van der Waals surface area contributed by atoms with E-state index in [2.05, 4.69) is 4.72 Å². The van der Waals surface area contributed by atoms with Gasteiger partial charge < -0.3 is 5.73 Å². The highest BCUT2D eigenvalue weighted by molar-refractivity contribution is 7.90. The summed E-state index contributed by atoms with van der Waals surface area (Å²) in [6.45, 7) is 0.617. The van der Waals surface area contributed by atoms with Crippen molar-refractivity contribution < 1.29 is 8.42 Å². The predicted octanol–water partition coefficient (Wildman–Crippen LogP) is 0.586. The highest BCUT2D eigenvalue weighted by atomic mass is 32.2. The molecule has 0 unspecified atom stereocenters. The van der Waals surface area contributed by atoms with E-state index in [9.17, 15) is 8.42 Å². The van der Waals surface area contributed by atoms with Gasteiger partial charge in [-0.2, -0.15) is 0 Å². The first-order chi connectivity index (χ1) is 7.08. The van der Waals surface area contributed by atoms with Gasteiger partial charge in [-0.15, -0.1) is 0 Å². The number of nitrogens with two attached hydrogens (primary N) is 1. The Morgan fingerprint density at radius 2 is 1.67 bits per heavy atom. The fourth-order valence-electron chi connectivity index (χ4n) is 2.12. The topological polar surface area (TPSA) is 72.2 Å². The molecule has 0 bridgehead atoms. The van der Waals surface area contributed by atoms with Crippen LogP contribution in [0.15, 0.2) is 0 Å². The molecule has 5 heteroatoms. The van der Waals surface area contributed by atoms with Gasteiger partial charge in [0.25, 0.3) is 0 Å². The van der Waals surface area contributed by atoms with Crippen molar-refractivity contribution in [2.45, 2.75) is 49.8 Å². The number of rotatable bonds is 4. The van der Waals surface area contributed by atoms with Crippen LogP contribution in [0, 0.1) is 5.92 Å². The summed E-state index contributed by atoms with van der Waals surface area (Å²) in [5.74, 6) is 0.498. The van der Waals surface area contributed by atoms with Crippen molar-refractivity contribution in [1.82, 2.24) is 4.72 Å². The van der Waals surface area contributed by atoms with Crippen LogP contribution in [0.4, 0.5) is 0 Å². The van der Waals surface area contributed by atoms with Gasteiger partial charge in [-0.25, -0.2) is 13.1 Å². The lowest BCUT2D eigenvalue weighted by Crippen LogP contribution is -2.35. The molecular formula is C10H20N2O2S. The van der Waals surface area contributed by atoms with Gasteiger partial charge in [0, 0.05) is 12.6 Å². The quantitative estimate of drug-likeness (QED) is 0.745. The molecule has 0 radical (unpaired) electrons. The van der Waals surface area contributed by atoms with E-state index in [1.54, 1.807) is 0 Å². The second kappa shape index (κ2) is 4.39. The second-order valence-electron chi connectivity index (χ2n) is 4.87. The van der Waals surface area contributed by atoms with Gasteiger partial charge in [-0.05, 0) is 44.4 Å². The van der Waals surface area contributed by atoms with Gasteiger partial charge in [0.05, 0.1) is 5.25 Å². The first-order valence-electron chi connectivity index (χ1n) is 5.82.